The highest BCUT2D eigenvalue weighted by molar-refractivity contribution is 7.10. The molecule has 0 bridgehead atoms. The standard InChI is InChI=1S/C23H22FNO2S/c1-27-20-9-7-16(15-19(20)24)8-10-22(26)25-13-11-21-18(12-14-28-21)23(25)17-5-3-2-4-6-17/h2-7,9,12,14-15,23H,8,10-11,13H2,1H3. The Kier molecular flexibility index (Phi) is 5.44. The summed E-state index contributed by atoms with van der Waals surface area (Å²) in [7, 11) is 1.44. The van der Waals surface area contributed by atoms with Crippen molar-refractivity contribution in [1.29, 1.82) is 0 Å². The number of thiophene rings is 1. The summed E-state index contributed by atoms with van der Waals surface area (Å²) < 4.78 is 18.9. The number of aryl methyl sites for hydroxylation is 1. The Morgan fingerprint density at radius 1 is 1.21 bits per heavy atom. The summed E-state index contributed by atoms with van der Waals surface area (Å²) in [6, 6.07) is 17.1. The quantitative estimate of drug-likeness (QED) is 0.608. The Balaban J connectivity index is 1.53. The molecule has 0 aliphatic carbocycles. The second-order valence-corrected chi connectivity index (χ2v) is 7.92. The summed E-state index contributed by atoms with van der Waals surface area (Å²) in [5.74, 6) is -0.0716. The van der Waals surface area contributed by atoms with E-state index in [2.05, 4.69) is 23.6 Å². The van der Waals surface area contributed by atoms with Crippen molar-refractivity contribution in [2.75, 3.05) is 13.7 Å². The third kappa shape index (κ3) is 3.67. The average molecular weight is 395 g/mol. The fourth-order valence-electron chi connectivity index (χ4n) is 3.84. The van der Waals surface area contributed by atoms with E-state index in [0.717, 1.165) is 17.5 Å². The van der Waals surface area contributed by atoms with E-state index in [-0.39, 0.29) is 17.7 Å². The van der Waals surface area contributed by atoms with E-state index in [1.807, 2.05) is 29.2 Å². The molecule has 3 aromatic rings. The van der Waals surface area contributed by atoms with Gasteiger partial charge in [-0.25, -0.2) is 4.39 Å². The molecule has 0 fully saturated rings. The summed E-state index contributed by atoms with van der Waals surface area (Å²) >= 11 is 1.76. The highest BCUT2D eigenvalue weighted by atomic mass is 32.1. The number of halogens is 1. The summed E-state index contributed by atoms with van der Waals surface area (Å²) in [4.78, 5) is 16.4. The molecule has 28 heavy (non-hydrogen) atoms. The SMILES string of the molecule is COc1ccc(CCC(=O)N2CCc3sccc3C2c2ccccc2)cc1F. The third-order valence-corrected chi connectivity index (χ3v) is 6.24. The molecule has 1 aliphatic heterocycles. The Labute approximate surface area is 168 Å². The van der Waals surface area contributed by atoms with Gasteiger partial charge >= 0.3 is 0 Å². The Bertz CT molecular complexity index is 970. The normalized spacial score (nSPS) is 15.9. The highest BCUT2D eigenvalue weighted by Gasteiger charge is 2.32. The van der Waals surface area contributed by atoms with Crippen LogP contribution < -0.4 is 4.74 Å². The van der Waals surface area contributed by atoms with Crippen LogP contribution in [0.15, 0.2) is 60.0 Å². The lowest BCUT2D eigenvalue weighted by molar-refractivity contribution is -0.133. The van der Waals surface area contributed by atoms with Gasteiger partial charge in [-0.15, -0.1) is 11.3 Å². The topological polar surface area (TPSA) is 29.5 Å². The number of ether oxygens (including phenoxy) is 1. The molecule has 1 unspecified atom stereocenters. The van der Waals surface area contributed by atoms with Gasteiger partial charge in [0.05, 0.1) is 13.2 Å². The van der Waals surface area contributed by atoms with Gasteiger partial charge in [-0.3, -0.25) is 4.79 Å². The summed E-state index contributed by atoms with van der Waals surface area (Å²) in [6.07, 6.45) is 1.75. The number of hydrogen-bond donors (Lipinski definition) is 0. The van der Waals surface area contributed by atoms with Crippen molar-refractivity contribution >= 4 is 17.2 Å². The first-order valence-corrected chi connectivity index (χ1v) is 10.3. The minimum atomic E-state index is -0.393. The number of hydrogen-bond acceptors (Lipinski definition) is 3. The van der Waals surface area contributed by atoms with E-state index in [0.29, 0.717) is 19.4 Å². The van der Waals surface area contributed by atoms with E-state index in [1.54, 1.807) is 17.4 Å². The van der Waals surface area contributed by atoms with Gasteiger partial charge < -0.3 is 9.64 Å². The van der Waals surface area contributed by atoms with Crippen molar-refractivity contribution in [1.82, 2.24) is 4.90 Å². The van der Waals surface area contributed by atoms with Gasteiger partial charge in [-0.1, -0.05) is 36.4 Å². The first-order chi connectivity index (χ1) is 13.7. The molecular weight excluding hydrogens is 373 g/mol. The lowest BCUT2D eigenvalue weighted by Gasteiger charge is -2.36. The number of fused-ring (bicyclic) bond motifs is 1. The summed E-state index contributed by atoms with van der Waals surface area (Å²) in [5, 5.41) is 2.11. The maximum atomic E-state index is 13.9. The van der Waals surface area contributed by atoms with Crippen molar-refractivity contribution in [3.05, 3.63) is 87.4 Å². The van der Waals surface area contributed by atoms with Crippen LogP contribution >= 0.6 is 11.3 Å². The molecule has 0 radical (unpaired) electrons. The fourth-order valence-corrected chi connectivity index (χ4v) is 4.74. The zero-order valence-corrected chi connectivity index (χ0v) is 16.5. The Hall–Kier alpha value is -2.66. The van der Waals surface area contributed by atoms with E-state index < -0.39 is 5.82 Å². The van der Waals surface area contributed by atoms with Crippen LogP contribution in [0.3, 0.4) is 0 Å². The van der Waals surface area contributed by atoms with Crippen LogP contribution in [0.4, 0.5) is 4.39 Å². The molecule has 0 saturated heterocycles. The van der Waals surface area contributed by atoms with Crippen molar-refractivity contribution in [2.24, 2.45) is 0 Å². The Morgan fingerprint density at radius 2 is 2.04 bits per heavy atom. The molecular formula is C23H22FNO2S. The van der Waals surface area contributed by atoms with Gasteiger partial charge in [-0.2, -0.15) is 0 Å². The van der Waals surface area contributed by atoms with E-state index >= 15 is 0 Å². The van der Waals surface area contributed by atoms with Gasteiger partial charge in [0, 0.05) is 17.8 Å². The van der Waals surface area contributed by atoms with Crippen molar-refractivity contribution in [2.45, 2.75) is 25.3 Å². The molecule has 0 spiro atoms. The first-order valence-electron chi connectivity index (χ1n) is 9.40. The molecule has 1 atom stereocenters. The number of carbonyl (C=O) groups is 1. The van der Waals surface area contributed by atoms with Crippen LogP contribution in [0.1, 0.15) is 34.0 Å². The van der Waals surface area contributed by atoms with Crippen LogP contribution in [0, 0.1) is 5.82 Å². The van der Waals surface area contributed by atoms with E-state index in [4.69, 9.17) is 4.74 Å². The molecule has 144 valence electrons. The molecule has 3 nitrogen and oxygen atoms in total. The largest absolute Gasteiger partial charge is 0.494 e. The number of methoxy groups -OCH3 is 1. The molecule has 4 rings (SSSR count). The summed E-state index contributed by atoms with van der Waals surface area (Å²) in [6.45, 7) is 0.711. The molecule has 0 N–H and O–H groups in total. The lowest BCUT2D eigenvalue weighted by atomic mass is 9.92. The van der Waals surface area contributed by atoms with E-state index in [9.17, 15) is 9.18 Å². The molecule has 0 saturated carbocycles. The lowest BCUT2D eigenvalue weighted by Crippen LogP contribution is -2.40. The van der Waals surface area contributed by atoms with Gasteiger partial charge in [0.1, 0.15) is 0 Å². The first kappa shape index (κ1) is 18.7. The van der Waals surface area contributed by atoms with Crippen LogP contribution in [0.25, 0.3) is 0 Å². The van der Waals surface area contributed by atoms with Crippen LogP contribution in [-0.4, -0.2) is 24.5 Å². The van der Waals surface area contributed by atoms with Crippen LogP contribution in [0.2, 0.25) is 0 Å². The minimum Gasteiger partial charge on any atom is -0.494 e. The second kappa shape index (κ2) is 8.15. The number of amides is 1. The number of benzene rings is 2. The van der Waals surface area contributed by atoms with Crippen molar-refractivity contribution in [3.63, 3.8) is 0 Å². The third-order valence-electron chi connectivity index (χ3n) is 5.25. The smallest absolute Gasteiger partial charge is 0.223 e. The highest BCUT2D eigenvalue weighted by Crippen LogP contribution is 2.38. The van der Waals surface area contributed by atoms with Gasteiger partial charge in [0.15, 0.2) is 11.6 Å². The van der Waals surface area contributed by atoms with Gasteiger partial charge in [-0.05, 0) is 53.1 Å². The molecule has 2 aromatic carbocycles. The predicted molar refractivity (Wildman–Crippen MR) is 109 cm³/mol. The maximum absolute atomic E-state index is 13.9. The molecule has 1 aliphatic rings. The zero-order valence-electron chi connectivity index (χ0n) is 15.7. The molecule has 2 heterocycles. The molecule has 1 aromatic heterocycles. The molecule has 1 amide bonds. The summed E-state index contributed by atoms with van der Waals surface area (Å²) in [5.41, 5.74) is 3.16. The zero-order chi connectivity index (χ0) is 19.5. The second-order valence-electron chi connectivity index (χ2n) is 6.92. The maximum Gasteiger partial charge on any atom is 0.223 e. The Morgan fingerprint density at radius 3 is 2.79 bits per heavy atom. The molecule has 5 heteroatoms. The minimum absolute atomic E-state index is 0.0451. The van der Waals surface area contributed by atoms with Gasteiger partial charge in [0.25, 0.3) is 0 Å². The van der Waals surface area contributed by atoms with Gasteiger partial charge in [0.2, 0.25) is 5.91 Å². The monoisotopic (exact) mass is 395 g/mol. The fraction of sp³-hybridized carbons (Fsp3) is 0.261. The number of nitrogens with zero attached hydrogens (tertiary/aromatic N) is 1. The number of rotatable bonds is 5. The van der Waals surface area contributed by atoms with Crippen molar-refractivity contribution < 1.29 is 13.9 Å². The average Bonchev–Trinajstić information content (AvgIpc) is 3.21. The van der Waals surface area contributed by atoms with Crippen molar-refractivity contribution in [3.8, 4) is 5.75 Å². The number of carbonyl (C=O) groups excluding carboxylic acids is 1. The van der Waals surface area contributed by atoms with E-state index in [1.165, 1.54) is 23.6 Å². The predicted octanol–water partition coefficient (Wildman–Crippen LogP) is 5.00. The van der Waals surface area contributed by atoms with Crippen LogP contribution in [0.5, 0.6) is 5.75 Å². The van der Waals surface area contributed by atoms with Crippen LogP contribution in [-0.2, 0) is 17.6 Å².